The maximum absolute atomic E-state index is 12.1. The van der Waals surface area contributed by atoms with Crippen molar-refractivity contribution in [2.75, 3.05) is 23.0 Å². The standard InChI is InChI=1S/C19H26N2O4S2/c1-3-5-10-25-15-9-6-8-14(11-15)21-16-12-27(23,24)13-17(16)26-19(21)20-18(22)7-4-2/h6,8-9,11,16-17H,3-5,7,10,12-13H2,1-2H3/t16-,17-/m0/s1. The number of thioether (sulfide) groups is 1. The summed E-state index contributed by atoms with van der Waals surface area (Å²) in [5.74, 6) is 0.802. The highest BCUT2D eigenvalue weighted by Crippen LogP contribution is 2.41. The van der Waals surface area contributed by atoms with Gasteiger partial charge in [-0.2, -0.15) is 4.99 Å². The zero-order valence-corrected chi connectivity index (χ0v) is 17.4. The molecule has 0 spiro atoms. The molecule has 0 unspecified atom stereocenters. The van der Waals surface area contributed by atoms with Gasteiger partial charge in [0.15, 0.2) is 15.0 Å². The number of fused-ring (bicyclic) bond motifs is 1. The first kappa shape index (κ1) is 20.2. The molecule has 27 heavy (non-hydrogen) atoms. The fraction of sp³-hybridized carbons (Fsp3) is 0.579. The molecule has 2 aliphatic heterocycles. The number of hydrogen-bond donors (Lipinski definition) is 0. The lowest BCUT2D eigenvalue weighted by Gasteiger charge is -2.25. The van der Waals surface area contributed by atoms with E-state index in [1.807, 2.05) is 36.1 Å². The first-order valence-corrected chi connectivity index (χ1v) is 12.1. The van der Waals surface area contributed by atoms with Crippen molar-refractivity contribution < 1.29 is 17.9 Å². The number of amides is 1. The molecular formula is C19H26N2O4S2. The van der Waals surface area contributed by atoms with Gasteiger partial charge in [-0.05, 0) is 25.0 Å². The monoisotopic (exact) mass is 410 g/mol. The minimum absolute atomic E-state index is 0.0899. The number of anilines is 1. The second kappa shape index (κ2) is 8.65. The number of carbonyl (C=O) groups excluding carboxylic acids is 1. The second-order valence-corrected chi connectivity index (χ2v) is 10.3. The molecule has 0 radical (unpaired) electrons. The summed E-state index contributed by atoms with van der Waals surface area (Å²) in [6.07, 6.45) is 3.17. The number of nitrogens with zero attached hydrogens (tertiary/aromatic N) is 2. The van der Waals surface area contributed by atoms with E-state index in [1.54, 1.807) is 0 Å². The Labute approximate surface area is 165 Å². The van der Waals surface area contributed by atoms with Crippen LogP contribution < -0.4 is 9.64 Å². The minimum Gasteiger partial charge on any atom is -0.494 e. The second-order valence-electron chi connectivity index (χ2n) is 6.91. The first-order chi connectivity index (χ1) is 12.9. The van der Waals surface area contributed by atoms with E-state index in [4.69, 9.17) is 4.74 Å². The Balaban J connectivity index is 1.90. The van der Waals surface area contributed by atoms with Crippen LogP contribution in [0.2, 0.25) is 0 Å². The molecule has 148 valence electrons. The van der Waals surface area contributed by atoms with E-state index in [2.05, 4.69) is 11.9 Å². The molecule has 2 heterocycles. The van der Waals surface area contributed by atoms with Crippen molar-refractivity contribution in [3.63, 3.8) is 0 Å². The third-order valence-corrected chi connectivity index (χ3v) is 7.82. The predicted octanol–water partition coefficient (Wildman–Crippen LogP) is 3.27. The van der Waals surface area contributed by atoms with Crippen molar-refractivity contribution >= 4 is 38.4 Å². The fourth-order valence-corrected chi connectivity index (χ4v) is 7.23. The number of sulfone groups is 1. The third kappa shape index (κ3) is 4.85. The third-order valence-electron chi connectivity index (χ3n) is 4.61. The van der Waals surface area contributed by atoms with Crippen molar-refractivity contribution in [3.05, 3.63) is 24.3 Å². The predicted molar refractivity (Wildman–Crippen MR) is 110 cm³/mol. The molecule has 0 aliphatic carbocycles. The van der Waals surface area contributed by atoms with E-state index in [1.165, 1.54) is 11.8 Å². The Morgan fingerprint density at radius 1 is 1.30 bits per heavy atom. The van der Waals surface area contributed by atoms with Gasteiger partial charge in [0, 0.05) is 23.4 Å². The zero-order valence-electron chi connectivity index (χ0n) is 15.8. The molecular weight excluding hydrogens is 384 g/mol. The van der Waals surface area contributed by atoms with Crippen LogP contribution in [0.3, 0.4) is 0 Å². The van der Waals surface area contributed by atoms with Crippen molar-refractivity contribution in [2.45, 2.75) is 50.8 Å². The molecule has 1 aromatic carbocycles. The van der Waals surface area contributed by atoms with Crippen molar-refractivity contribution in [2.24, 2.45) is 4.99 Å². The average molecular weight is 411 g/mol. The van der Waals surface area contributed by atoms with E-state index in [0.717, 1.165) is 30.7 Å². The number of hydrogen-bond acceptors (Lipinski definition) is 5. The van der Waals surface area contributed by atoms with Gasteiger partial charge < -0.3 is 9.64 Å². The molecule has 0 saturated carbocycles. The summed E-state index contributed by atoms with van der Waals surface area (Å²) in [4.78, 5) is 18.3. The van der Waals surface area contributed by atoms with Gasteiger partial charge in [0.2, 0.25) is 5.91 Å². The molecule has 1 amide bonds. The lowest BCUT2D eigenvalue weighted by molar-refractivity contribution is -0.117. The highest BCUT2D eigenvalue weighted by Gasteiger charge is 2.49. The number of amidine groups is 1. The molecule has 0 N–H and O–H groups in total. The molecule has 8 heteroatoms. The molecule has 6 nitrogen and oxygen atoms in total. The van der Waals surface area contributed by atoms with Crippen molar-refractivity contribution in [1.29, 1.82) is 0 Å². The van der Waals surface area contributed by atoms with E-state index in [-0.39, 0.29) is 28.7 Å². The molecule has 1 aromatic rings. The van der Waals surface area contributed by atoms with Gasteiger partial charge in [0.05, 0.1) is 24.2 Å². The van der Waals surface area contributed by atoms with Gasteiger partial charge >= 0.3 is 0 Å². The normalized spacial score (nSPS) is 25.0. The van der Waals surface area contributed by atoms with Crippen LogP contribution in [0.5, 0.6) is 5.75 Å². The van der Waals surface area contributed by atoms with E-state index in [0.29, 0.717) is 18.2 Å². The fourth-order valence-electron chi connectivity index (χ4n) is 3.30. The maximum Gasteiger partial charge on any atom is 0.248 e. The van der Waals surface area contributed by atoms with E-state index >= 15 is 0 Å². The summed E-state index contributed by atoms with van der Waals surface area (Å²) < 4.78 is 30.0. The quantitative estimate of drug-likeness (QED) is 0.642. The molecule has 2 saturated heterocycles. The van der Waals surface area contributed by atoms with Gasteiger partial charge in [0.1, 0.15) is 5.75 Å². The van der Waals surface area contributed by atoms with Crippen LogP contribution in [0.25, 0.3) is 0 Å². The Morgan fingerprint density at radius 2 is 2.11 bits per heavy atom. The van der Waals surface area contributed by atoms with Gasteiger partial charge in [-0.15, -0.1) is 0 Å². The number of ether oxygens (including phenoxy) is 1. The van der Waals surface area contributed by atoms with Gasteiger partial charge in [-0.1, -0.05) is 38.1 Å². The summed E-state index contributed by atoms with van der Waals surface area (Å²) in [6, 6.07) is 7.41. The highest BCUT2D eigenvalue weighted by atomic mass is 32.2. The Morgan fingerprint density at radius 3 is 2.85 bits per heavy atom. The molecule has 2 atom stereocenters. The van der Waals surface area contributed by atoms with Crippen LogP contribution >= 0.6 is 11.8 Å². The van der Waals surface area contributed by atoms with Gasteiger partial charge in [0.25, 0.3) is 0 Å². The number of benzene rings is 1. The Kier molecular flexibility index (Phi) is 6.47. The maximum atomic E-state index is 12.1. The van der Waals surface area contributed by atoms with Gasteiger partial charge in [-0.25, -0.2) is 8.42 Å². The summed E-state index contributed by atoms with van der Waals surface area (Å²) >= 11 is 1.40. The van der Waals surface area contributed by atoms with Crippen LogP contribution in [-0.4, -0.2) is 48.9 Å². The number of carbonyl (C=O) groups is 1. The van der Waals surface area contributed by atoms with Crippen LogP contribution in [0.15, 0.2) is 29.3 Å². The summed E-state index contributed by atoms with van der Waals surface area (Å²) in [6.45, 7) is 4.69. The van der Waals surface area contributed by atoms with Gasteiger partial charge in [-0.3, -0.25) is 4.79 Å². The number of unbranched alkanes of at least 4 members (excludes halogenated alkanes) is 1. The van der Waals surface area contributed by atoms with Crippen LogP contribution in [-0.2, 0) is 14.6 Å². The smallest absolute Gasteiger partial charge is 0.248 e. The first-order valence-electron chi connectivity index (χ1n) is 9.44. The molecule has 3 rings (SSSR count). The average Bonchev–Trinajstić information content (AvgIpc) is 3.06. The lowest BCUT2D eigenvalue weighted by Crippen LogP contribution is -2.37. The van der Waals surface area contributed by atoms with E-state index < -0.39 is 9.84 Å². The molecule has 2 fully saturated rings. The summed E-state index contributed by atoms with van der Waals surface area (Å²) in [5, 5.41) is 0.511. The highest BCUT2D eigenvalue weighted by molar-refractivity contribution is 8.16. The Bertz CT molecular complexity index is 823. The molecule has 0 bridgehead atoms. The van der Waals surface area contributed by atoms with Crippen molar-refractivity contribution in [1.82, 2.24) is 0 Å². The zero-order chi connectivity index (χ0) is 19.4. The van der Waals surface area contributed by atoms with Crippen LogP contribution in [0, 0.1) is 0 Å². The van der Waals surface area contributed by atoms with Crippen molar-refractivity contribution in [3.8, 4) is 5.75 Å². The summed E-state index contributed by atoms with van der Waals surface area (Å²) in [7, 11) is -3.07. The number of aliphatic imine (C=N–C) groups is 1. The number of rotatable bonds is 7. The summed E-state index contributed by atoms with van der Waals surface area (Å²) in [5.41, 5.74) is 0.823. The molecule has 0 aromatic heterocycles. The van der Waals surface area contributed by atoms with E-state index in [9.17, 15) is 13.2 Å². The Hall–Kier alpha value is -1.54. The van der Waals surface area contributed by atoms with Crippen LogP contribution in [0.1, 0.15) is 39.5 Å². The van der Waals surface area contributed by atoms with Crippen LogP contribution in [0.4, 0.5) is 5.69 Å². The lowest BCUT2D eigenvalue weighted by atomic mass is 10.2. The minimum atomic E-state index is -3.07. The molecule has 2 aliphatic rings. The SMILES string of the molecule is CCCCOc1cccc(N2C(=NC(=O)CCC)S[C@H]3CS(=O)(=O)C[C@@H]32)c1. The largest absolute Gasteiger partial charge is 0.494 e. The topological polar surface area (TPSA) is 76.0 Å².